The van der Waals surface area contributed by atoms with E-state index in [4.69, 9.17) is 0 Å². The number of nitrogens with zero attached hydrogens (tertiary/aromatic N) is 1. The highest BCUT2D eigenvalue weighted by Crippen LogP contribution is 2.29. The second kappa shape index (κ2) is 6.22. The molecule has 1 aliphatic carbocycles. The van der Waals surface area contributed by atoms with Crippen LogP contribution in [0.25, 0.3) is 0 Å². The molecule has 2 heterocycles. The summed E-state index contributed by atoms with van der Waals surface area (Å²) in [6.45, 7) is 3.35. The van der Waals surface area contributed by atoms with Gasteiger partial charge in [0.1, 0.15) is 0 Å². The predicted octanol–water partition coefficient (Wildman–Crippen LogP) is 0.903. The van der Waals surface area contributed by atoms with Crippen LogP contribution in [0.3, 0.4) is 0 Å². The average molecular weight is 274 g/mol. The van der Waals surface area contributed by atoms with Gasteiger partial charge < -0.3 is 15.5 Å². The van der Waals surface area contributed by atoms with Crippen molar-refractivity contribution in [3.8, 4) is 0 Å². The van der Waals surface area contributed by atoms with Crippen LogP contribution in [-0.4, -0.2) is 48.6 Å². The molecule has 18 heavy (non-hydrogen) atoms. The first-order valence-electron chi connectivity index (χ1n) is 7.11. The minimum Gasteiger partial charge on any atom is -0.352 e. The molecule has 0 aromatic heterocycles. The Morgan fingerprint density at radius 2 is 1.83 bits per heavy atom. The molecule has 0 radical (unpaired) electrons. The maximum absolute atomic E-state index is 12.0. The van der Waals surface area contributed by atoms with Gasteiger partial charge in [0.2, 0.25) is 5.91 Å². The van der Waals surface area contributed by atoms with Crippen molar-refractivity contribution in [3.05, 3.63) is 0 Å². The largest absolute Gasteiger partial charge is 0.352 e. The fourth-order valence-electron chi connectivity index (χ4n) is 3.06. The highest BCUT2D eigenvalue weighted by Gasteiger charge is 2.32. The Kier molecular flexibility index (Phi) is 4.87. The number of halogens is 1. The molecule has 3 rings (SSSR count). The Labute approximate surface area is 115 Å². The van der Waals surface area contributed by atoms with Gasteiger partial charge in [-0.1, -0.05) is 0 Å². The fourth-order valence-corrected chi connectivity index (χ4v) is 3.06. The van der Waals surface area contributed by atoms with Crippen LogP contribution in [0.1, 0.15) is 38.5 Å². The highest BCUT2D eigenvalue weighted by atomic mass is 35.5. The minimum atomic E-state index is 0. The fraction of sp³-hybridized carbons (Fsp3) is 0.923. The van der Waals surface area contributed by atoms with E-state index in [-0.39, 0.29) is 24.4 Å². The predicted molar refractivity (Wildman–Crippen MR) is 74.0 cm³/mol. The van der Waals surface area contributed by atoms with Crippen LogP contribution in [0.15, 0.2) is 0 Å². The van der Waals surface area contributed by atoms with Crippen molar-refractivity contribution >= 4 is 18.3 Å². The third-order valence-electron chi connectivity index (χ3n) is 4.32. The lowest BCUT2D eigenvalue weighted by molar-refractivity contribution is -0.123. The molecule has 0 spiro atoms. The number of hydrogen-bond acceptors (Lipinski definition) is 3. The van der Waals surface area contributed by atoms with Crippen LogP contribution >= 0.6 is 12.4 Å². The third kappa shape index (κ3) is 3.37. The molecule has 1 unspecified atom stereocenters. The second-order valence-electron chi connectivity index (χ2n) is 5.70. The molecule has 3 aliphatic rings. The monoisotopic (exact) mass is 273 g/mol. The topological polar surface area (TPSA) is 44.4 Å². The Morgan fingerprint density at radius 1 is 1.11 bits per heavy atom. The molecule has 1 saturated carbocycles. The average Bonchev–Trinajstić information content (AvgIpc) is 3.05. The number of piperidine rings is 1. The molecule has 0 aromatic carbocycles. The second-order valence-corrected chi connectivity index (χ2v) is 5.70. The Bertz CT molecular complexity index is 282. The van der Waals surface area contributed by atoms with E-state index in [1.165, 1.54) is 25.9 Å². The number of hydrogen-bond donors (Lipinski definition) is 2. The first-order chi connectivity index (χ1) is 8.33. The molecule has 0 aromatic rings. The summed E-state index contributed by atoms with van der Waals surface area (Å²) in [6.07, 6.45) is 7.20. The van der Waals surface area contributed by atoms with Gasteiger partial charge in [-0.3, -0.25) is 4.79 Å². The van der Waals surface area contributed by atoms with Crippen LogP contribution in [0, 0.1) is 0 Å². The van der Waals surface area contributed by atoms with Crippen LogP contribution in [0.4, 0.5) is 0 Å². The molecule has 5 heteroatoms. The molecule has 1 amide bonds. The van der Waals surface area contributed by atoms with Gasteiger partial charge in [-0.15, -0.1) is 12.4 Å². The first-order valence-corrected chi connectivity index (χ1v) is 7.11. The van der Waals surface area contributed by atoms with Gasteiger partial charge in [0.05, 0.1) is 6.04 Å². The van der Waals surface area contributed by atoms with E-state index < -0.39 is 0 Å². The molecule has 4 nitrogen and oxygen atoms in total. The van der Waals surface area contributed by atoms with Gasteiger partial charge in [0.25, 0.3) is 0 Å². The summed E-state index contributed by atoms with van der Waals surface area (Å²) in [5.74, 6) is 0.229. The number of amides is 1. The summed E-state index contributed by atoms with van der Waals surface area (Å²) in [4.78, 5) is 14.5. The van der Waals surface area contributed by atoms with E-state index in [2.05, 4.69) is 15.5 Å². The lowest BCUT2D eigenvalue weighted by Gasteiger charge is -2.32. The Balaban J connectivity index is 0.00000120. The number of likely N-dealkylation sites (tertiary alicyclic amines) is 1. The quantitative estimate of drug-likeness (QED) is 0.803. The Hall–Kier alpha value is -0.320. The SMILES string of the molecule is Cl.O=C(NC1CCN(C2CC2)CC1)C1CCCN1. The van der Waals surface area contributed by atoms with Gasteiger partial charge >= 0.3 is 0 Å². The van der Waals surface area contributed by atoms with E-state index >= 15 is 0 Å². The van der Waals surface area contributed by atoms with Crippen LogP contribution in [0.2, 0.25) is 0 Å². The molecule has 2 saturated heterocycles. The van der Waals surface area contributed by atoms with Crippen molar-refractivity contribution in [2.75, 3.05) is 19.6 Å². The summed E-state index contributed by atoms with van der Waals surface area (Å²) in [5, 5.41) is 6.47. The van der Waals surface area contributed by atoms with Crippen molar-refractivity contribution in [3.63, 3.8) is 0 Å². The summed E-state index contributed by atoms with van der Waals surface area (Å²) in [6, 6.07) is 1.37. The van der Waals surface area contributed by atoms with Gasteiger partial charge in [0, 0.05) is 25.2 Å². The number of carbonyl (C=O) groups is 1. The van der Waals surface area contributed by atoms with Crippen molar-refractivity contribution < 1.29 is 4.79 Å². The summed E-state index contributed by atoms with van der Waals surface area (Å²) >= 11 is 0. The van der Waals surface area contributed by atoms with Gasteiger partial charge in [-0.05, 0) is 45.1 Å². The molecule has 104 valence electrons. The Morgan fingerprint density at radius 3 is 2.39 bits per heavy atom. The zero-order chi connectivity index (χ0) is 11.7. The van der Waals surface area contributed by atoms with E-state index in [9.17, 15) is 4.79 Å². The first kappa shape index (κ1) is 14.1. The van der Waals surface area contributed by atoms with Crippen molar-refractivity contribution in [2.24, 2.45) is 0 Å². The van der Waals surface area contributed by atoms with Gasteiger partial charge in [-0.25, -0.2) is 0 Å². The lowest BCUT2D eigenvalue weighted by atomic mass is 10.0. The number of carbonyl (C=O) groups excluding carboxylic acids is 1. The van der Waals surface area contributed by atoms with E-state index in [0.29, 0.717) is 6.04 Å². The molecule has 2 N–H and O–H groups in total. The molecular weight excluding hydrogens is 250 g/mol. The lowest BCUT2D eigenvalue weighted by Crippen LogP contribution is -2.49. The van der Waals surface area contributed by atoms with Crippen LogP contribution in [0.5, 0.6) is 0 Å². The van der Waals surface area contributed by atoms with Gasteiger partial charge in [0.15, 0.2) is 0 Å². The zero-order valence-electron chi connectivity index (χ0n) is 10.9. The van der Waals surface area contributed by atoms with Crippen molar-refractivity contribution in [1.29, 1.82) is 0 Å². The van der Waals surface area contributed by atoms with E-state index in [0.717, 1.165) is 38.3 Å². The molecule has 2 aliphatic heterocycles. The summed E-state index contributed by atoms with van der Waals surface area (Å²) in [7, 11) is 0. The van der Waals surface area contributed by atoms with Crippen molar-refractivity contribution in [2.45, 2.75) is 56.7 Å². The third-order valence-corrected chi connectivity index (χ3v) is 4.32. The maximum Gasteiger partial charge on any atom is 0.237 e. The van der Waals surface area contributed by atoms with E-state index in [1.807, 2.05) is 0 Å². The standard InChI is InChI=1S/C13H23N3O.ClH/c17-13(12-2-1-7-14-12)15-10-5-8-16(9-6-10)11-3-4-11;/h10-12,14H,1-9H2,(H,15,17);1H. The summed E-state index contributed by atoms with van der Waals surface area (Å²) < 4.78 is 0. The smallest absolute Gasteiger partial charge is 0.237 e. The number of rotatable bonds is 3. The highest BCUT2D eigenvalue weighted by molar-refractivity contribution is 5.85. The van der Waals surface area contributed by atoms with Crippen molar-refractivity contribution in [1.82, 2.24) is 15.5 Å². The molecule has 1 atom stereocenters. The normalized spacial score (nSPS) is 29.9. The van der Waals surface area contributed by atoms with E-state index in [1.54, 1.807) is 0 Å². The van der Waals surface area contributed by atoms with Crippen LogP contribution in [-0.2, 0) is 4.79 Å². The molecule has 0 bridgehead atoms. The molecule has 3 fully saturated rings. The maximum atomic E-state index is 12.0. The number of nitrogens with one attached hydrogen (secondary N) is 2. The van der Waals surface area contributed by atoms with Crippen LogP contribution < -0.4 is 10.6 Å². The zero-order valence-corrected chi connectivity index (χ0v) is 11.7. The molecular formula is C13H24ClN3O. The minimum absolute atomic E-state index is 0. The van der Waals surface area contributed by atoms with Gasteiger partial charge in [-0.2, -0.15) is 0 Å². The summed E-state index contributed by atoms with van der Waals surface area (Å²) in [5.41, 5.74) is 0.